The average molecular weight is 269 g/mol. The fourth-order valence-corrected chi connectivity index (χ4v) is 0.764. The van der Waals surface area contributed by atoms with E-state index < -0.39 is 12.1 Å². The quantitative estimate of drug-likeness (QED) is 0.444. The Morgan fingerprint density at radius 2 is 1.83 bits per heavy atom. The van der Waals surface area contributed by atoms with Crippen LogP contribution in [0.25, 0.3) is 0 Å². The van der Waals surface area contributed by atoms with Gasteiger partial charge in [-0.25, -0.2) is 0 Å². The van der Waals surface area contributed by atoms with Crippen molar-refractivity contribution in [2.45, 2.75) is 18.9 Å². The largest absolute Gasteiger partial charge is 4.00 e. The minimum absolute atomic E-state index is 0. The van der Waals surface area contributed by atoms with Crippen molar-refractivity contribution in [3.05, 3.63) is 0 Å². The Balaban J connectivity index is -0.0000000800. The van der Waals surface area contributed by atoms with Gasteiger partial charge in [0.05, 0.1) is 12.1 Å². The fourth-order valence-electron chi connectivity index (χ4n) is 0.764. The first-order valence-electron chi connectivity index (χ1n) is 2.63. The van der Waals surface area contributed by atoms with E-state index in [0.717, 1.165) is 6.42 Å². The normalized spacial score (nSPS) is 18.8. The summed E-state index contributed by atoms with van der Waals surface area (Å²) >= 11 is 0. The van der Waals surface area contributed by atoms with Gasteiger partial charge >= 0.3 is 21.7 Å². The van der Waals surface area contributed by atoms with E-state index in [1.165, 1.54) is 0 Å². The summed E-state index contributed by atoms with van der Waals surface area (Å²) in [6, 6.07) is 0. The standard InChI is InChI=1S/C5H8O3.3ClH.Ti/c6-5(7)4-2-1-3-8-4;;;;/h4H,1-3H2,(H,6,7);3*1H;/q;;;;+4/p-4. The molecule has 0 saturated carbocycles. The molecule has 70 valence electrons. The van der Waals surface area contributed by atoms with Crippen molar-refractivity contribution in [1.82, 2.24) is 0 Å². The number of rotatable bonds is 1. The molecule has 1 aliphatic heterocycles. The summed E-state index contributed by atoms with van der Waals surface area (Å²) in [6.07, 6.45) is 0.830. The van der Waals surface area contributed by atoms with Gasteiger partial charge in [0.15, 0.2) is 0 Å². The average Bonchev–Trinajstić information content (AvgIpc) is 2.12. The predicted octanol–water partition coefficient (Wildman–Crippen LogP) is -10.1. The van der Waals surface area contributed by atoms with E-state index in [9.17, 15) is 9.90 Å². The Labute approximate surface area is 105 Å². The molecule has 0 aromatic carbocycles. The zero-order chi connectivity index (χ0) is 5.98. The summed E-state index contributed by atoms with van der Waals surface area (Å²) in [5.41, 5.74) is 0. The molecule has 1 aliphatic rings. The molecular weight excluding hydrogens is 262 g/mol. The van der Waals surface area contributed by atoms with E-state index in [0.29, 0.717) is 13.0 Å². The molecule has 1 fully saturated rings. The van der Waals surface area contributed by atoms with E-state index >= 15 is 0 Å². The maximum Gasteiger partial charge on any atom is 4.00 e. The molecule has 0 amide bonds. The molecule has 3 nitrogen and oxygen atoms in total. The second-order valence-electron chi connectivity index (χ2n) is 1.82. The molecule has 0 aromatic heterocycles. The van der Waals surface area contributed by atoms with Gasteiger partial charge in [0.2, 0.25) is 0 Å². The third-order valence-corrected chi connectivity index (χ3v) is 1.19. The molecule has 0 bridgehead atoms. The third-order valence-electron chi connectivity index (χ3n) is 1.19. The van der Waals surface area contributed by atoms with Crippen LogP contribution in [0.3, 0.4) is 0 Å². The number of ether oxygens (including phenoxy) is 1. The molecule has 1 rings (SSSR count). The molecule has 0 aliphatic carbocycles. The Hall–Kier alpha value is 1.01. The van der Waals surface area contributed by atoms with Crippen molar-refractivity contribution in [3.63, 3.8) is 0 Å². The van der Waals surface area contributed by atoms with Gasteiger partial charge in [0.25, 0.3) is 0 Å². The summed E-state index contributed by atoms with van der Waals surface area (Å²) < 4.78 is 4.75. The zero-order valence-corrected chi connectivity index (χ0v) is 9.89. The summed E-state index contributed by atoms with van der Waals surface area (Å²) in [7, 11) is 0. The van der Waals surface area contributed by atoms with Gasteiger partial charge in [-0.05, 0) is 12.8 Å². The first kappa shape index (κ1) is 23.1. The van der Waals surface area contributed by atoms with Gasteiger partial charge in [0.1, 0.15) is 0 Å². The number of carboxylic acid groups (broad SMARTS) is 1. The molecule has 1 unspecified atom stereocenters. The SMILES string of the molecule is O=C([O-])C1CCCO1.[Cl-].[Cl-].[Cl-].[Ti+4]. The van der Waals surface area contributed by atoms with Gasteiger partial charge in [0, 0.05) is 6.61 Å². The summed E-state index contributed by atoms with van der Waals surface area (Å²) in [6.45, 7) is 0.568. The van der Waals surface area contributed by atoms with E-state index in [1.807, 2.05) is 0 Å². The van der Waals surface area contributed by atoms with Crippen molar-refractivity contribution in [2.24, 2.45) is 0 Å². The monoisotopic (exact) mass is 268 g/mol. The van der Waals surface area contributed by atoms with Crippen molar-refractivity contribution >= 4 is 5.97 Å². The van der Waals surface area contributed by atoms with Gasteiger partial charge in [-0.15, -0.1) is 0 Å². The van der Waals surface area contributed by atoms with Crippen molar-refractivity contribution < 1.29 is 73.6 Å². The van der Waals surface area contributed by atoms with Crippen LogP contribution in [0.4, 0.5) is 0 Å². The smallest absolute Gasteiger partial charge is 1.00 e. The van der Waals surface area contributed by atoms with Crippen molar-refractivity contribution in [1.29, 1.82) is 0 Å². The summed E-state index contributed by atoms with van der Waals surface area (Å²) in [5, 5.41) is 9.97. The van der Waals surface area contributed by atoms with Crippen LogP contribution in [-0.4, -0.2) is 18.7 Å². The van der Waals surface area contributed by atoms with E-state index in [1.54, 1.807) is 0 Å². The second kappa shape index (κ2) is 12.0. The van der Waals surface area contributed by atoms with Crippen LogP contribution in [0.15, 0.2) is 0 Å². The van der Waals surface area contributed by atoms with Crippen LogP contribution < -0.4 is 42.3 Å². The Morgan fingerprint density at radius 3 is 2.00 bits per heavy atom. The number of hydrogen-bond donors (Lipinski definition) is 0. The number of aliphatic carboxylic acids is 1. The Bertz CT molecular complexity index is 108. The van der Waals surface area contributed by atoms with Gasteiger partial charge in [-0.3, -0.25) is 0 Å². The fraction of sp³-hybridized carbons (Fsp3) is 0.800. The molecule has 0 aromatic rings. The molecular formula is C5H7Cl3O3Ti. The molecule has 0 radical (unpaired) electrons. The first-order chi connectivity index (χ1) is 3.80. The van der Waals surface area contributed by atoms with Crippen LogP contribution >= 0.6 is 0 Å². The van der Waals surface area contributed by atoms with Crippen LogP contribution in [0.5, 0.6) is 0 Å². The molecule has 12 heavy (non-hydrogen) atoms. The van der Waals surface area contributed by atoms with E-state index in [4.69, 9.17) is 4.74 Å². The molecule has 1 saturated heterocycles. The summed E-state index contributed by atoms with van der Waals surface area (Å²) in [4.78, 5) is 9.97. The van der Waals surface area contributed by atoms with Crippen LogP contribution in [-0.2, 0) is 31.2 Å². The van der Waals surface area contributed by atoms with Crippen LogP contribution in [0, 0.1) is 0 Å². The zero-order valence-electron chi connectivity index (χ0n) is 6.06. The predicted molar refractivity (Wildman–Crippen MR) is 24.0 cm³/mol. The Kier molecular flexibility index (Phi) is 23.1. The van der Waals surface area contributed by atoms with Gasteiger partial charge in [-0.2, -0.15) is 0 Å². The number of carboxylic acids is 1. The van der Waals surface area contributed by atoms with Crippen LogP contribution in [0.2, 0.25) is 0 Å². The van der Waals surface area contributed by atoms with Crippen molar-refractivity contribution in [3.8, 4) is 0 Å². The molecule has 1 atom stereocenters. The minimum Gasteiger partial charge on any atom is -1.00 e. The minimum atomic E-state index is -1.08. The van der Waals surface area contributed by atoms with Gasteiger partial charge in [-0.1, -0.05) is 0 Å². The number of carbonyl (C=O) groups is 1. The van der Waals surface area contributed by atoms with Crippen LogP contribution in [0.1, 0.15) is 12.8 Å². The maximum absolute atomic E-state index is 9.97. The molecule has 0 N–H and O–H groups in total. The number of halogens is 3. The molecule has 1 heterocycles. The summed E-state index contributed by atoms with van der Waals surface area (Å²) in [5.74, 6) is -1.08. The number of carbonyl (C=O) groups excluding carboxylic acids is 1. The third kappa shape index (κ3) is 7.65. The van der Waals surface area contributed by atoms with Crippen molar-refractivity contribution in [2.75, 3.05) is 6.61 Å². The maximum atomic E-state index is 9.97. The second-order valence-corrected chi connectivity index (χ2v) is 1.82. The first-order valence-corrected chi connectivity index (χ1v) is 2.63. The van der Waals surface area contributed by atoms with E-state index in [-0.39, 0.29) is 58.9 Å². The van der Waals surface area contributed by atoms with E-state index in [2.05, 4.69) is 0 Å². The molecule has 0 spiro atoms. The van der Waals surface area contributed by atoms with Gasteiger partial charge < -0.3 is 51.9 Å². The molecule has 7 heteroatoms. The Morgan fingerprint density at radius 1 is 1.33 bits per heavy atom. The number of hydrogen-bond acceptors (Lipinski definition) is 3. The topological polar surface area (TPSA) is 49.4 Å².